The number of hydrogen-bond donors (Lipinski definition) is 1. The maximum Gasteiger partial charge on any atom is 0.187 e. The lowest BCUT2D eigenvalue weighted by molar-refractivity contribution is -0.102. The minimum atomic E-state index is 0.00907. The van der Waals surface area contributed by atoms with Crippen molar-refractivity contribution in [1.29, 1.82) is 0 Å². The van der Waals surface area contributed by atoms with Gasteiger partial charge in [0.1, 0.15) is 12.9 Å². The monoisotopic (exact) mass is 180 g/mol. The fourth-order valence-corrected chi connectivity index (χ4v) is 0.709. The minimum Gasteiger partial charge on any atom is -0.398 e. The van der Waals surface area contributed by atoms with Gasteiger partial charge in [-0.1, -0.05) is 5.16 Å². The Morgan fingerprint density at radius 3 is 3.08 bits per heavy atom. The summed E-state index contributed by atoms with van der Waals surface area (Å²) in [5.74, 6) is 0.424. The number of hydrogen-bond acceptors (Lipinski definition) is 6. The van der Waals surface area contributed by atoms with Crippen LogP contribution in [0, 0.1) is 0 Å². The predicted octanol–water partition coefficient (Wildman–Crippen LogP) is -0.392. The molecule has 6 heteroatoms. The maximum atomic E-state index is 10.5. The van der Waals surface area contributed by atoms with Crippen molar-refractivity contribution in [1.82, 2.24) is 9.97 Å². The van der Waals surface area contributed by atoms with Crippen LogP contribution >= 0.6 is 0 Å². The molecule has 0 unspecified atom stereocenters. The summed E-state index contributed by atoms with van der Waals surface area (Å²) < 4.78 is 0. The zero-order valence-electron chi connectivity index (χ0n) is 6.97. The first-order valence-corrected chi connectivity index (χ1v) is 3.43. The smallest absolute Gasteiger partial charge is 0.187 e. The molecule has 0 amide bonds. The molecule has 1 rings (SSSR count). The van der Waals surface area contributed by atoms with E-state index >= 15 is 0 Å². The number of oxime groups is 1. The van der Waals surface area contributed by atoms with E-state index in [9.17, 15) is 4.79 Å². The topological polar surface area (TPSA) is 90.5 Å². The Kier molecular flexibility index (Phi) is 2.91. The van der Waals surface area contributed by atoms with Gasteiger partial charge in [0, 0.05) is 6.20 Å². The molecule has 68 valence electrons. The van der Waals surface area contributed by atoms with Crippen LogP contribution in [-0.2, 0) is 9.63 Å². The van der Waals surface area contributed by atoms with Gasteiger partial charge in [0.2, 0.25) is 0 Å². The predicted molar refractivity (Wildman–Crippen MR) is 46.1 cm³/mol. The highest BCUT2D eigenvalue weighted by Crippen LogP contribution is 1.97. The van der Waals surface area contributed by atoms with Crippen molar-refractivity contribution in [2.45, 2.75) is 0 Å². The van der Waals surface area contributed by atoms with Crippen molar-refractivity contribution in [2.75, 3.05) is 12.8 Å². The molecule has 2 N–H and O–H groups in total. The highest BCUT2D eigenvalue weighted by atomic mass is 16.6. The molecule has 0 aliphatic carbocycles. The van der Waals surface area contributed by atoms with E-state index in [1.54, 1.807) is 0 Å². The van der Waals surface area contributed by atoms with Crippen LogP contribution in [0.25, 0.3) is 0 Å². The molecule has 0 aromatic carbocycles. The molecule has 0 aliphatic heterocycles. The summed E-state index contributed by atoms with van der Waals surface area (Å²) in [6.45, 7) is 0. The summed E-state index contributed by atoms with van der Waals surface area (Å²) >= 11 is 0. The van der Waals surface area contributed by atoms with Gasteiger partial charge in [-0.15, -0.1) is 0 Å². The third-order valence-corrected chi connectivity index (χ3v) is 1.21. The Morgan fingerprint density at radius 1 is 1.77 bits per heavy atom. The number of carbonyl (C=O) groups excluding carboxylic acids is 1. The molecule has 1 heterocycles. The lowest BCUT2D eigenvalue weighted by atomic mass is 10.4. The largest absolute Gasteiger partial charge is 0.398 e. The van der Waals surface area contributed by atoms with Crippen LogP contribution < -0.4 is 5.73 Å². The molecule has 13 heavy (non-hydrogen) atoms. The van der Waals surface area contributed by atoms with Crippen molar-refractivity contribution >= 4 is 17.8 Å². The quantitative estimate of drug-likeness (QED) is 0.388. The van der Waals surface area contributed by atoms with Crippen molar-refractivity contribution in [3.05, 3.63) is 18.1 Å². The molecule has 0 aliphatic rings. The van der Waals surface area contributed by atoms with E-state index in [2.05, 4.69) is 20.0 Å². The maximum absolute atomic E-state index is 10.5. The van der Waals surface area contributed by atoms with Crippen LogP contribution in [0.4, 0.5) is 5.82 Å². The van der Waals surface area contributed by atoms with Crippen LogP contribution in [-0.4, -0.2) is 29.1 Å². The number of anilines is 1. The number of nitrogen functional groups attached to an aromatic ring is 1. The Balaban J connectivity index is 3.05. The first-order chi connectivity index (χ1) is 6.27. The van der Waals surface area contributed by atoms with E-state index in [0.29, 0.717) is 6.29 Å². The second kappa shape index (κ2) is 4.15. The second-order valence-corrected chi connectivity index (χ2v) is 2.08. The SMILES string of the molecule is CO/N=C(\C=O)c1nccc(N)n1. The van der Waals surface area contributed by atoms with Crippen LogP contribution in [0.1, 0.15) is 5.82 Å². The standard InChI is InChI=1S/C7H8N4O2/c1-13-11-5(4-12)7-9-3-2-6(8)10-7/h2-4H,1H3,(H2,8,9,10)/b11-5+. The van der Waals surface area contributed by atoms with Crippen molar-refractivity contribution in [2.24, 2.45) is 5.16 Å². The van der Waals surface area contributed by atoms with Crippen LogP contribution in [0.5, 0.6) is 0 Å². The van der Waals surface area contributed by atoms with Gasteiger partial charge < -0.3 is 10.6 Å². The third-order valence-electron chi connectivity index (χ3n) is 1.21. The molecule has 0 radical (unpaired) electrons. The van der Waals surface area contributed by atoms with E-state index in [-0.39, 0.29) is 17.4 Å². The first-order valence-electron chi connectivity index (χ1n) is 3.43. The van der Waals surface area contributed by atoms with Crippen molar-refractivity contribution < 1.29 is 9.63 Å². The second-order valence-electron chi connectivity index (χ2n) is 2.08. The number of aromatic nitrogens is 2. The zero-order valence-corrected chi connectivity index (χ0v) is 6.97. The van der Waals surface area contributed by atoms with Crippen molar-refractivity contribution in [3.8, 4) is 0 Å². The zero-order chi connectivity index (χ0) is 9.68. The summed E-state index contributed by atoms with van der Waals surface area (Å²) in [4.78, 5) is 22.5. The van der Waals surface area contributed by atoms with Crippen LogP contribution in [0.2, 0.25) is 0 Å². The van der Waals surface area contributed by atoms with Crippen molar-refractivity contribution in [3.63, 3.8) is 0 Å². The van der Waals surface area contributed by atoms with E-state index < -0.39 is 0 Å². The molecular weight excluding hydrogens is 172 g/mol. The van der Waals surface area contributed by atoms with Gasteiger partial charge in [0.05, 0.1) is 0 Å². The summed E-state index contributed by atoms with van der Waals surface area (Å²) in [5.41, 5.74) is 5.39. The first kappa shape index (κ1) is 9.11. The molecule has 0 bridgehead atoms. The van der Waals surface area contributed by atoms with Gasteiger partial charge in [-0.05, 0) is 6.07 Å². The highest BCUT2D eigenvalue weighted by molar-refractivity contribution is 6.34. The molecule has 6 nitrogen and oxygen atoms in total. The van der Waals surface area contributed by atoms with E-state index in [1.165, 1.54) is 19.4 Å². The molecule has 1 aromatic rings. The molecule has 0 saturated heterocycles. The number of aldehydes is 1. The average molecular weight is 180 g/mol. The fourth-order valence-electron chi connectivity index (χ4n) is 0.709. The number of rotatable bonds is 3. The number of nitrogens with two attached hydrogens (primary N) is 1. The summed E-state index contributed by atoms with van der Waals surface area (Å²) in [6, 6.07) is 1.51. The number of nitrogens with zero attached hydrogens (tertiary/aromatic N) is 3. The minimum absolute atomic E-state index is 0.00907. The fraction of sp³-hybridized carbons (Fsp3) is 0.143. The van der Waals surface area contributed by atoms with Gasteiger partial charge in [0.15, 0.2) is 17.8 Å². The Bertz CT molecular complexity index is 337. The van der Waals surface area contributed by atoms with Crippen LogP contribution in [0.3, 0.4) is 0 Å². The lowest BCUT2D eigenvalue weighted by Gasteiger charge is -1.96. The molecule has 0 spiro atoms. The molecule has 0 fully saturated rings. The van der Waals surface area contributed by atoms with E-state index in [1.807, 2.05) is 0 Å². The van der Waals surface area contributed by atoms with E-state index in [4.69, 9.17) is 5.73 Å². The summed E-state index contributed by atoms with van der Waals surface area (Å²) in [5, 5.41) is 3.42. The summed E-state index contributed by atoms with van der Waals surface area (Å²) in [7, 11) is 1.33. The molecule has 0 atom stereocenters. The van der Waals surface area contributed by atoms with Crippen LogP contribution in [0.15, 0.2) is 17.4 Å². The summed E-state index contributed by atoms with van der Waals surface area (Å²) in [6.07, 6.45) is 1.94. The third kappa shape index (κ3) is 2.22. The normalized spacial score (nSPS) is 11.0. The average Bonchev–Trinajstić information content (AvgIpc) is 2.14. The van der Waals surface area contributed by atoms with Gasteiger partial charge in [0.25, 0.3) is 0 Å². The van der Waals surface area contributed by atoms with Gasteiger partial charge >= 0.3 is 0 Å². The Labute approximate surface area is 74.4 Å². The number of carbonyl (C=O) groups is 1. The highest BCUT2D eigenvalue weighted by Gasteiger charge is 2.06. The van der Waals surface area contributed by atoms with Gasteiger partial charge in [-0.3, -0.25) is 4.79 Å². The molecular formula is C7H8N4O2. The Morgan fingerprint density at radius 2 is 2.54 bits per heavy atom. The van der Waals surface area contributed by atoms with E-state index in [0.717, 1.165) is 0 Å². The van der Waals surface area contributed by atoms with Gasteiger partial charge in [-0.25, -0.2) is 9.97 Å². The molecule has 0 saturated carbocycles. The molecule has 1 aromatic heterocycles. The van der Waals surface area contributed by atoms with Gasteiger partial charge in [-0.2, -0.15) is 0 Å². The lowest BCUT2D eigenvalue weighted by Crippen LogP contribution is -2.09. The Hall–Kier alpha value is -1.98.